The summed E-state index contributed by atoms with van der Waals surface area (Å²) >= 11 is 5.34. The quantitative estimate of drug-likeness (QED) is 0.174. The van der Waals surface area contributed by atoms with Crippen molar-refractivity contribution in [2.45, 2.75) is 0 Å². The molecule has 0 N–H and O–H groups in total. The Morgan fingerprint density at radius 1 is 0.316 bits per heavy atom. The van der Waals surface area contributed by atoms with E-state index in [4.69, 9.17) is 24.9 Å². The molecule has 7 aromatic carbocycles. The Kier molecular flexibility index (Phi) is 7.38. The van der Waals surface area contributed by atoms with Gasteiger partial charge in [0.25, 0.3) is 0 Å². The van der Waals surface area contributed by atoms with Crippen LogP contribution in [0.1, 0.15) is 0 Å². The highest BCUT2D eigenvalue weighted by Crippen LogP contribution is 2.47. The molecular formula is C49H27N5S3. The summed E-state index contributed by atoms with van der Waals surface area (Å²) in [4.78, 5) is 26.1. The molecule has 0 saturated carbocycles. The van der Waals surface area contributed by atoms with Crippen LogP contribution in [0.2, 0.25) is 0 Å². The second-order valence-corrected chi connectivity index (χ2v) is 17.2. The van der Waals surface area contributed by atoms with E-state index < -0.39 is 0 Å². The second-order valence-electron chi connectivity index (χ2n) is 14.0. The fraction of sp³-hybridized carbons (Fsp3) is 0. The van der Waals surface area contributed by atoms with Crippen molar-refractivity contribution in [1.29, 1.82) is 0 Å². The first-order chi connectivity index (χ1) is 28.2. The first kappa shape index (κ1) is 32.5. The van der Waals surface area contributed by atoms with Gasteiger partial charge in [-0.15, -0.1) is 34.0 Å². The molecule has 5 heterocycles. The molecule has 0 bridgehead atoms. The fourth-order valence-electron chi connectivity index (χ4n) is 7.92. The summed E-state index contributed by atoms with van der Waals surface area (Å²) < 4.78 is 7.10. The van der Waals surface area contributed by atoms with Crippen molar-refractivity contribution in [3.8, 4) is 56.8 Å². The van der Waals surface area contributed by atoms with Crippen LogP contribution in [0.25, 0.3) is 117 Å². The van der Waals surface area contributed by atoms with Crippen molar-refractivity contribution in [3.05, 3.63) is 164 Å². The van der Waals surface area contributed by atoms with Gasteiger partial charge >= 0.3 is 0 Å². The Bertz CT molecular complexity index is 3530. The van der Waals surface area contributed by atoms with E-state index in [-0.39, 0.29) is 0 Å². The van der Waals surface area contributed by atoms with Gasteiger partial charge in [0.05, 0.1) is 15.9 Å². The van der Waals surface area contributed by atoms with Crippen LogP contribution >= 0.6 is 34.0 Å². The summed E-state index contributed by atoms with van der Waals surface area (Å²) in [6, 6.07) is 57.2. The molecule has 0 radical (unpaired) electrons. The lowest BCUT2D eigenvalue weighted by Gasteiger charge is -2.10. The van der Waals surface area contributed by atoms with Crippen LogP contribution in [-0.4, -0.2) is 24.9 Å². The third kappa shape index (κ3) is 5.29. The number of rotatable bonds is 5. The van der Waals surface area contributed by atoms with Crippen molar-refractivity contribution in [2.24, 2.45) is 0 Å². The normalized spacial score (nSPS) is 11.9. The van der Waals surface area contributed by atoms with E-state index in [1.54, 1.807) is 34.0 Å². The maximum atomic E-state index is 5.34. The van der Waals surface area contributed by atoms with Crippen LogP contribution in [0.15, 0.2) is 164 Å². The van der Waals surface area contributed by atoms with Crippen molar-refractivity contribution >= 4 is 94.7 Å². The van der Waals surface area contributed by atoms with Crippen LogP contribution in [0.5, 0.6) is 0 Å². The summed E-state index contributed by atoms with van der Waals surface area (Å²) in [5, 5.41) is 5.94. The van der Waals surface area contributed by atoms with Gasteiger partial charge in [-0.05, 0) is 24.3 Å². The lowest BCUT2D eigenvalue weighted by atomic mass is 10.0. The Balaban J connectivity index is 1.08. The van der Waals surface area contributed by atoms with Gasteiger partial charge in [0.2, 0.25) is 0 Å². The SMILES string of the molecule is c1ccc(-c2nc(-c3ccc4c(c3)sc3ccccc34)nc(-c3cccc4sc5c(-c6nc(-c7ccccc7)nc7c6sc6ccccc67)cccc5c34)n2)cc1. The minimum absolute atomic E-state index is 0.644. The maximum Gasteiger partial charge on any atom is 0.164 e. The topological polar surface area (TPSA) is 64.5 Å². The fourth-order valence-corrected chi connectivity index (χ4v) is 11.5. The van der Waals surface area contributed by atoms with E-state index in [0.717, 1.165) is 70.4 Å². The Morgan fingerprint density at radius 2 is 0.877 bits per heavy atom. The molecule has 0 saturated heterocycles. The summed E-state index contributed by atoms with van der Waals surface area (Å²) in [5.41, 5.74) is 6.90. The first-order valence-electron chi connectivity index (χ1n) is 18.7. The van der Waals surface area contributed by atoms with Crippen molar-refractivity contribution in [2.75, 3.05) is 0 Å². The molecule has 0 aliphatic carbocycles. The van der Waals surface area contributed by atoms with Gasteiger partial charge in [0.15, 0.2) is 23.3 Å². The summed E-state index contributed by atoms with van der Waals surface area (Å²) in [6.45, 7) is 0. The second kappa shape index (κ2) is 12.9. The molecule has 0 fully saturated rings. The highest BCUT2D eigenvalue weighted by Gasteiger charge is 2.22. The lowest BCUT2D eigenvalue weighted by Crippen LogP contribution is -2.00. The minimum atomic E-state index is 0.644. The monoisotopic (exact) mass is 781 g/mol. The zero-order valence-corrected chi connectivity index (χ0v) is 32.5. The molecule has 0 aliphatic heterocycles. The Labute approximate surface area is 338 Å². The zero-order chi connectivity index (χ0) is 37.5. The number of hydrogen-bond donors (Lipinski definition) is 0. The van der Waals surface area contributed by atoms with E-state index >= 15 is 0 Å². The van der Waals surface area contributed by atoms with E-state index in [1.165, 1.54) is 29.6 Å². The molecule has 0 atom stereocenters. The van der Waals surface area contributed by atoms with Crippen LogP contribution in [0.4, 0.5) is 0 Å². The molecule has 0 spiro atoms. The molecule has 12 aromatic rings. The molecule has 0 aliphatic rings. The predicted octanol–water partition coefficient (Wildman–Crippen LogP) is 14.1. The largest absolute Gasteiger partial charge is 0.226 e. The maximum absolute atomic E-state index is 5.34. The highest BCUT2D eigenvalue weighted by atomic mass is 32.1. The van der Waals surface area contributed by atoms with Crippen molar-refractivity contribution < 1.29 is 0 Å². The minimum Gasteiger partial charge on any atom is -0.226 e. The number of fused-ring (bicyclic) bond motifs is 9. The van der Waals surface area contributed by atoms with Crippen LogP contribution in [0, 0.1) is 0 Å². The number of aromatic nitrogens is 5. The van der Waals surface area contributed by atoms with E-state index in [1.807, 2.05) is 36.4 Å². The van der Waals surface area contributed by atoms with Crippen molar-refractivity contribution in [3.63, 3.8) is 0 Å². The number of nitrogens with zero attached hydrogens (tertiary/aromatic N) is 5. The Morgan fingerprint density at radius 3 is 1.67 bits per heavy atom. The summed E-state index contributed by atoms with van der Waals surface area (Å²) in [6.07, 6.45) is 0. The van der Waals surface area contributed by atoms with Gasteiger partial charge in [-0.25, -0.2) is 24.9 Å². The average molecular weight is 782 g/mol. The first-order valence-corrected chi connectivity index (χ1v) is 21.1. The van der Waals surface area contributed by atoms with Gasteiger partial charge in [-0.3, -0.25) is 0 Å². The molecule has 5 nitrogen and oxygen atoms in total. The van der Waals surface area contributed by atoms with E-state index in [0.29, 0.717) is 17.5 Å². The molecule has 57 heavy (non-hydrogen) atoms. The molecule has 266 valence electrons. The standard InChI is InChI=1S/C49H27N5S3/c1-3-13-28(14-4-1)46-50-42-33-18-8-10-23-38(33)56-45(42)43(51-46)36-21-11-19-34-41-35(20-12-24-39(41)57-44(34)36)49-53-47(29-15-5-2-6-16-29)52-48(54-49)30-25-26-32-31-17-7-9-22-37(31)55-40(32)27-30/h1-27H. The van der Waals surface area contributed by atoms with Gasteiger partial charge in [0, 0.05) is 78.2 Å². The third-order valence-corrected chi connectivity index (χ3v) is 14.1. The molecular weight excluding hydrogens is 755 g/mol. The smallest absolute Gasteiger partial charge is 0.164 e. The molecule has 5 aromatic heterocycles. The van der Waals surface area contributed by atoms with E-state index in [2.05, 4.69) is 127 Å². The third-order valence-electron chi connectivity index (χ3n) is 10.6. The van der Waals surface area contributed by atoms with Gasteiger partial charge in [-0.2, -0.15) is 0 Å². The molecule has 8 heteroatoms. The summed E-state index contributed by atoms with van der Waals surface area (Å²) in [7, 11) is 0. The summed E-state index contributed by atoms with van der Waals surface area (Å²) in [5.74, 6) is 2.66. The van der Waals surface area contributed by atoms with Crippen molar-refractivity contribution in [1.82, 2.24) is 24.9 Å². The van der Waals surface area contributed by atoms with Crippen LogP contribution < -0.4 is 0 Å². The number of thiophene rings is 3. The Hall–Kier alpha value is -6.71. The zero-order valence-electron chi connectivity index (χ0n) is 30.0. The average Bonchev–Trinajstić information content (AvgIpc) is 3.98. The van der Waals surface area contributed by atoms with Crippen LogP contribution in [0.3, 0.4) is 0 Å². The number of hydrogen-bond acceptors (Lipinski definition) is 8. The van der Waals surface area contributed by atoms with Gasteiger partial charge in [0.1, 0.15) is 0 Å². The van der Waals surface area contributed by atoms with Crippen LogP contribution in [-0.2, 0) is 0 Å². The highest BCUT2D eigenvalue weighted by molar-refractivity contribution is 7.27. The molecule has 0 amide bonds. The van der Waals surface area contributed by atoms with E-state index in [9.17, 15) is 0 Å². The van der Waals surface area contributed by atoms with Gasteiger partial charge < -0.3 is 0 Å². The molecule has 12 rings (SSSR count). The molecule has 0 unspecified atom stereocenters. The predicted molar refractivity (Wildman–Crippen MR) is 241 cm³/mol. The lowest BCUT2D eigenvalue weighted by molar-refractivity contribution is 1.08. The van der Waals surface area contributed by atoms with Gasteiger partial charge in [-0.1, -0.05) is 140 Å². The number of benzene rings is 7.